The van der Waals surface area contributed by atoms with Gasteiger partial charge in [-0.2, -0.15) is 0 Å². The fraction of sp³-hybridized carbons (Fsp3) is 0.222. The van der Waals surface area contributed by atoms with E-state index in [0.717, 1.165) is 22.0 Å². The molecule has 4 nitrogen and oxygen atoms in total. The molecule has 3 aromatic rings. The molecule has 23 heavy (non-hydrogen) atoms. The van der Waals surface area contributed by atoms with Gasteiger partial charge < -0.3 is 4.98 Å². The normalized spacial score (nSPS) is 13.3. The van der Waals surface area contributed by atoms with Gasteiger partial charge in [0, 0.05) is 23.1 Å². The summed E-state index contributed by atoms with van der Waals surface area (Å²) in [6.07, 6.45) is 2.58. The maximum Gasteiger partial charge on any atom is 0.240 e. The van der Waals surface area contributed by atoms with Crippen molar-refractivity contribution in [3.8, 4) is 0 Å². The molecule has 1 aromatic heterocycles. The highest BCUT2D eigenvalue weighted by Gasteiger charge is 2.18. The van der Waals surface area contributed by atoms with Crippen LogP contribution in [0.15, 0.2) is 59.6 Å². The summed E-state index contributed by atoms with van der Waals surface area (Å²) in [5, 5.41) is 1.13. The molecule has 120 valence electrons. The number of fused-ring (bicyclic) bond motifs is 1. The highest BCUT2D eigenvalue weighted by molar-refractivity contribution is 7.89. The first-order valence-electron chi connectivity index (χ1n) is 7.60. The van der Waals surface area contributed by atoms with E-state index < -0.39 is 10.0 Å². The summed E-state index contributed by atoms with van der Waals surface area (Å²) in [7, 11) is -3.50. The van der Waals surface area contributed by atoms with Crippen molar-refractivity contribution in [2.24, 2.45) is 0 Å². The lowest BCUT2D eigenvalue weighted by molar-refractivity contribution is 0.560. The fourth-order valence-electron chi connectivity index (χ4n) is 2.79. The van der Waals surface area contributed by atoms with Gasteiger partial charge in [-0.05, 0) is 49.6 Å². The van der Waals surface area contributed by atoms with Crippen LogP contribution in [-0.2, 0) is 16.4 Å². The minimum atomic E-state index is -3.50. The molecule has 2 aromatic carbocycles. The number of hydrogen-bond acceptors (Lipinski definition) is 2. The van der Waals surface area contributed by atoms with Crippen LogP contribution in [0, 0.1) is 6.92 Å². The number of aromatic amines is 1. The summed E-state index contributed by atoms with van der Waals surface area (Å²) in [6, 6.07) is 14.8. The number of hydrogen-bond donors (Lipinski definition) is 2. The molecule has 0 aliphatic carbocycles. The summed E-state index contributed by atoms with van der Waals surface area (Å²) in [5.74, 6) is 0. The second-order valence-corrected chi connectivity index (χ2v) is 7.62. The number of rotatable bonds is 5. The van der Waals surface area contributed by atoms with Crippen molar-refractivity contribution in [3.05, 3.63) is 65.9 Å². The Bertz CT molecular complexity index is 929. The van der Waals surface area contributed by atoms with Crippen LogP contribution in [0.5, 0.6) is 0 Å². The molecular weight excluding hydrogens is 308 g/mol. The first-order chi connectivity index (χ1) is 11.0. The van der Waals surface area contributed by atoms with Crippen LogP contribution in [0.3, 0.4) is 0 Å². The molecule has 0 spiro atoms. The predicted octanol–water partition coefficient (Wildman–Crippen LogP) is 3.39. The van der Waals surface area contributed by atoms with Crippen LogP contribution in [0.25, 0.3) is 10.9 Å². The van der Waals surface area contributed by atoms with Crippen molar-refractivity contribution in [3.63, 3.8) is 0 Å². The number of sulfonamides is 1. The average Bonchev–Trinajstić information content (AvgIpc) is 2.90. The van der Waals surface area contributed by atoms with Crippen LogP contribution >= 0.6 is 0 Å². The van der Waals surface area contributed by atoms with Crippen molar-refractivity contribution in [2.45, 2.75) is 31.2 Å². The van der Waals surface area contributed by atoms with Crippen molar-refractivity contribution in [1.82, 2.24) is 9.71 Å². The average molecular weight is 328 g/mol. The van der Waals surface area contributed by atoms with E-state index in [4.69, 9.17) is 0 Å². The lowest BCUT2D eigenvalue weighted by Gasteiger charge is -2.14. The Morgan fingerprint density at radius 1 is 1.13 bits per heavy atom. The first kappa shape index (κ1) is 15.8. The molecule has 1 heterocycles. The number of para-hydroxylation sites is 1. The van der Waals surface area contributed by atoms with E-state index >= 15 is 0 Å². The molecule has 3 rings (SSSR count). The molecular formula is C18H20N2O2S. The number of benzene rings is 2. The lowest BCUT2D eigenvalue weighted by Crippen LogP contribution is -2.34. The molecule has 1 unspecified atom stereocenters. The molecule has 0 aliphatic heterocycles. The summed E-state index contributed by atoms with van der Waals surface area (Å²) in [5.41, 5.74) is 3.11. The zero-order chi connectivity index (χ0) is 16.4. The van der Waals surface area contributed by atoms with Gasteiger partial charge in [0.25, 0.3) is 0 Å². The van der Waals surface area contributed by atoms with Gasteiger partial charge in [-0.3, -0.25) is 0 Å². The van der Waals surface area contributed by atoms with Crippen molar-refractivity contribution in [2.75, 3.05) is 0 Å². The Morgan fingerprint density at radius 3 is 2.70 bits per heavy atom. The molecule has 0 aliphatic rings. The summed E-state index contributed by atoms with van der Waals surface area (Å²) >= 11 is 0. The predicted molar refractivity (Wildman–Crippen MR) is 93.0 cm³/mol. The van der Waals surface area contributed by atoms with Crippen molar-refractivity contribution >= 4 is 20.9 Å². The zero-order valence-electron chi connectivity index (χ0n) is 13.2. The molecule has 1 atom stereocenters. The molecule has 2 N–H and O–H groups in total. The fourth-order valence-corrected chi connectivity index (χ4v) is 4.14. The minimum absolute atomic E-state index is 0.195. The molecule has 0 saturated carbocycles. The number of nitrogens with one attached hydrogen (secondary N) is 2. The van der Waals surface area contributed by atoms with E-state index in [2.05, 4.69) is 9.71 Å². The van der Waals surface area contributed by atoms with Crippen molar-refractivity contribution < 1.29 is 8.42 Å². The van der Waals surface area contributed by atoms with Gasteiger partial charge in [0.15, 0.2) is 0 Å². The third-order valence-electron chi connectivity index (χ3n) is 3.86. The van der Waals surface area contributed by atoms with Crippen LogP contribution in [0.1, 0.15) is 18.1 Å². The number of H-pyrrole nitrogens is 1. The monoisotopic (exact) mass is 328 g/mol. The second-order valence-electron chi connectivity index (χ2n) is 5.90. The van der Waals surface area contributed by atoms with Gasteiger partial charge in [0.2, 0.25) is 10.0 Å². The van der Waals surface area contributed by atoms with Crippen LogP contribution in [0.4, 0.5) is 0 Å². The highest BCUT2D eigenvalue weighted by atomic mass is 32.2. The van der Waals surface area contributed by atoms with E-state index in [1.165, 1.54) is 0 Å². The maximum absolute atomic E-state index is 12.5. The molecule has 0 radical (unpaired) electrons. The van der Waals surface area contributed by atoms with Gasteiger partial charge in [0.1, 0.15) is 0 Å². The number of aryl methyl sites for hydroxylation is 1. The Hall–Kier alpha value is -2.11. The Kier molecular flexibility index (Phi) is 4.24. The molecule has 0 amide bonds. The summed E-state index contributed by atoms with van der Waals surface area (Å²) < 4.78 is 27.7. The van der Waals surface area contributed by atoms with E-state index in [1.807, 2.05) is 50.4 Å². The lowest BCUT2D eigenvalue weighted by atomic mass is 10.1. The highest BCUT2D eigenvalue weighted by Crippen LogP contribution is 2.20. The van der Waals surface area contributed by atoms with Crippen LogP contribution in [0.2, 0.25) is 0 Å². The van der Waals surface area contributed by atoms with E-state index in [-0.39, 0.29) is 6.04 Å². The smallest absolute Gasteiger partial charge is 0.240 e. The van der Waals surface area contributed by atoms with E-state index in [0.29, 0.717) is 11.3 Å². The second kappa shape index (κ2) is 6.18. The first-order valence-corrected chi connectivity index (χ1v) is 9.08. The van der Waals surface area contributed by atoms with Crippen molar-refractivity contribution in [1.29, 1.82) is 0 Å². The molecule has 5 heteroatoms. The third kappa shape index (κ3) is 3.46. The van der Waals surface area contributed by atoms with Crippen LogP contribution < -0.4 is 4.72 Å². The number of aromatic nitrogens is 1. The summed E-state index contributed by atoms with van der Waals surface area (Å²) in [4.78, 5) is 3.53. The van der Waals surface area contributed by atoms with Gasteiger partial charge >= 0.3 is 0 Å². The quantitative estimate of drug-likeness (QED) is 0.754. The zero-order valence-corrected chi connectivity index (χ0v) is 14.0. The van der Waals surface area contributed by atoms with Gasteiger partial charge in [-0.1, -0.05) is 30.3 Å². The van der Waals surface area contributed by atoms with Gasteiger partial charge in [-0.25, -0.2) is 13.1 Å². The molecule has 0 bridgehead atoms. The van der Waals surface area contributed by atoms with Gasteiger partial charge in [0.05, 0.1) is 4.90 Å². The topological polar surface area (TPSA) is 62.0 Å². The standard InChI is InChI=1S/C18H20N2O2S/c1-13-6-5-7-16(10-13)23(21,22)20-14(2)11-15-12-19-18-9-4-3-8-17(15)18/h3-10,12,14,19-20H,11H2,1-2H3. The molecule has 0 fully saturated rings. The maximum atomic E-state index is 12.5. The largest absolute Gasteiger partial charge is 0.361 e. The Morgan fingerprint density at radius 2 is 1.91 bits per heavy atom. The molecule has 0 saturated heterocycles. The van der Waals surface area contributed by atoms with E-state index in [1.54, 1.807) is 18.2 Å². The Balaban J connectivity index is 1.77. The summed E-state index contributed by atoms with van der Waals surface area (Å²) in [6.45, 7) is 3.77. The SMILES string of the molecule is Cc1cccc(S(=O)(=O)NC(C)Cc2c[nH]c3ccccc23)c1. The van der Waals surface area contributed by atoms with Crippen LogP contribution in [-0.4, -0.2) is 19.4 Å². The minimum Gasteiger partial charge on any atom is -0.361 e. The van der Waals surface area contributed by atoms with E-state index in [9.17, 15) is 8.42 Å². The van der Waals surface area contributed by atoms with Gasteiger partial charge in [-0.15, -0.1) is 0 Å². The Labute approximate surface area is 136 Å². The third-order valence-corrected chi connectivity index (χ3v) is 5.44.